The Morgan fingerprint density at radius 3 is 1.89 bits per heavy atom. The molecule has 7 heterocycles. The molecule has 366 valence electrons. The van der Waals surface area contributed by atoms with Crippen LogP contribution in [0.25, 0.3) is 61.0 Å². The number of rotatable bonds is 7. The molecule has 12 bridgehead atoms. The van der Waals surface area contributed by atoms with E-state index in [4.69, 9.17) is 17.2 Å². The molecule has 15 rings (SSSR count). The van der Waals surface area contributed by atoms with E-state index >= 15 is 0 Å². The number of fused-ring (bicyclic) bond motifs is 6. The molecule has 0 radical (unpaired) electrons. The van der Waals surface area contributed by atoms with E-state index in [2.05, 4.69) is 17.0 Å². The van der Waals surface area contributed by atoms with Crippen LogP contribution in [0.4, 0.5) is 22.7 Å². The monoisotopic (exact) mass is 1140 g/mol. The van der Waals surface area contributed by atoms with Crippen LogP contribution in [0.1, 0.15) is 71.9 Å². The van der Waals surface area contributed by atoms with Crippen molar-refractivity contribution in [1.82, 2.24) is 9.55 Å². The number of aromatic nitrogens is 2. The zero-order chi connectivity index (χ0) is 57.9. The summed E-state index contributed by atoms with van der Waals surface area (Å²) < 4.78 is 108. The van der Waals surface area contributed by atoms with Crippen molar-refractivity contribution in [2.45, 2.75) is 60.7 Å². The Hall–Kier alpha value is -7.40. The average molecular weight is 1140 g/mol. The molecule has 5 aliphatic rings. The van der Waals surface area contributed by atoms with E-state index in [1.54, 1.807) is 62.7 Å². The third-order valence-electron chi connectivity index (χ3n) is 12.7. The molecule has 0 aliphatic carbocycles. The van der Waals surface area contributed by atoms with Gasteiger partial charge in [-0.25, -0.2) is 4.98 Å². The van der Waals surface area contributed by atoms with Crippen molar-refractivity contribution in [2.75, 3.05) is 9.80 Å². The first-order valence-electron chi connectivity index (χ1n) is 29.4. The van der Waals surface area contributed by atoms with Gasteiger partial charge in [0.25, 0.3) is 0 Å². The summed E-state index contributed by atoms with van der Waals surface area (Å²) in [5.74, 6) is 0.0511. The molecule has 2 aromatic heterocycles. The van der Waals surface area contributed by atoms with Crippen molar-refractivity contribution in [3.8, 4) is 62.2 Å². The van der Waals surface area contributed by atoms with Gasteiger partial charge in [0.2, 0.25) is 0 Å². The summed E-state index contributed by atoms with van der Waals surface area (Å²) in [7, 11) is 0. The average Bonchev–Trinajstić information content (AvgIpc) is 2.71. The molecule has 0 saturated heterocycles. The second-order valence-corrected chi connectivity index (χ2v) is 19.1. The number of para-hydroxylation sites is 3. The molecule has 0 N–H and O–H groups in total. The molecule has 0 atom stereocenters. The van der Waals surface area contributed by atoms with Crippen LogP contribution in [0.5, 0.6) is 23.0 Å². The summed E-state index contributed by atoms with van der Waals surface area (Å²) in [4.78, 5) is 9.03. The van der Waals surface area contributed by atoms with Crippen LogP contribution in [0.3, 0.4) is 0 Å². The Bertz CT molecular complexity index is 4170. The van der Waals surface area contributed by atoms with E-state index in [0.29, 0.717) is 44.8 Å². The first kappa shape index (κ1) is 37.4. The molecule has 7 heteroatoms. The van der Waals surface area contributed by atoms with Crippen molar-refractivity contribution in [2.24, 2.45) is 17.8 Å². The number of nitrogens with zero attached hydrogens (tertiary/aromatic N) is 4. The molecule has 5 aliphatic heterocycles. The molecule has 0 saturated carbocycles. The first-order valence-corrected chi connectivity index (χ1v) is 24.4. The Balaban J connectivity index is 0.00000721. The van der Waals surface area contributed by atoms with Gasteiger partial charge in [-0.05, 0) is 118 Å². The standard InChI is InChI=1S/C66H57N4O2.Pt/c1-42(2)32-45-35-57(46-14-8-7-9-15-46)66-58(36-45)47-21-26-52(27-22-47)71-53-28-23-48(24-29-53)59-40-67-65(37-50(59)34-44(5)6)70-60-17-11-10-16-55(60)56-31-30-54(39-63(56)70)72-64-38-51(25-20-49(64)33-43(3)4)68-41-69(66)62-19-13-12-18-61(62)68;/h7-31,35-37,40-44H,32-34H2,1-6H3;/q-3;/i10D,11D,16D,17D,32D2,33D2,34D2;. The minimum absolute atomic E-state index is 0. The van der Waals surface area contributed by atoms with Crippen molar-refractivity contribution in [3.63, 3.8) is 0 Å². The van der Waals surface area contributed by atoms with E-state index in [0.717, 1.165) is 39.3 Å². The van der Waals surface area contributed by atoms with Gasteiger partial charge in [0, 0.05) is 86.3 Å². The van der Waals surface area contributed by atoms with Crippen LogP contribution in [0.15, 0.2) is 176 Å². The predicted molar refractivity (Wildman–Crippen MR) is 296 cm³/mol. The van der Waals surface area contributed by atoms with E-state index in [9.17, 15) is 11.0 Å². The van der Waals surface area contributed by atoms with Crippen LogP contribution in [0, 0.1) is 36.6 Å². The molecule has 0 spiro atoms. The minimum atomic E-state index is -1.93. The maximum Gasteiger partial charge on any atom is 0.135 e. The van der Waals surface area contributed by atoms with Gasteiger partial charge in [-0.15, -0.1) is 47.6 Å². The Kier molecular flexibility index (Phi) is 10.2. The van der Waals surface area contributed by atoms with Gasteiger partial charge in [-0.2, -0.15) is 12.1 Å². The molecule has 73 heavy (non-hydrogen) atoms. The van der Waals surface area contributed by atoms with Gasteiger partial charge in [-0.1, -0.05) is 144 Å². The van der Waals surface area contributed by atoms with E-state index < -0.39 is 43.0 Å². The summed E-state index contributed by atoms with van der Waals surface area (Å²) >= 11 is 0. The zero-order valence-electron chi connectivity index (χ0n) is 51.2. The van der Waals surface area contributed by atoms with Crippen LogP contribution >= 0.6 is 0 Å². The van der Waals surface area contributed by atoms with Crippen LogP contribution < -0.4 is 19.3 Å². The quantitative estimate of drug-likeness (QED) is 0.149. The first-order chi connectivity index (χ1) is 39.1. The van der Waals surface area contributed by atoms with Gasteiger partial charge in [0.15, 0.2) is 0 Å². The van der Waals surface area contributed by atoms with Gasteiger partial charge < -0.3 is 23.8 Å². The van der Waals surface area contributed by atoms with Crippen LogP contribution in [0.2, 0.25) is 0 Å². The topological polar surface area (TPSA) is 42.8 Å². The van der Waals surface area contributed by atoms with Gasteiger partial charge in [0.05, 0.1) is 5.48 Å². The zero-order valence-corrected chi connectivity index (χ0v) is 43.4. The van der Waals surface area contributed by atoms with Gasteiger partial charge in [-0.3, -0.25) is 0 Å². The van der Waals surface area contributed by atoms with Crippen molar-refractivity contribution >= 4 is 44.6 Å². The predicted octanol–water partition coefficient (Wildman–Crippen LogP) is 17.7. The van der Waals surface area contributed by atoms with Crippen LogP contribution in [-0.2, 0) is 40.2 Å². The fraction of sp³-hybridized carbons (Fsp3) is 0.182. The largest absolute Gasteiger partial charge is 0.509 e. The number of ether oxygens (including phenoxy) is 2. The SMILES string of the molecule is [2H]c1c([2H])c([2H])c2c(c1[2H])c1ccc3[c-]c1n2-c1cc(C([2H])([2H])C(C)C)c(cn1)-c1ccc(cc1)Oc1ccc(cc1)-c1cc(C([2H])([2H])C(C)C)cc(-c2ccccc2)c1N1[CH-]N(c2[c-]c(c(C([2H])([2H])C(C)C)cc2)O3)c2ccccc21.[Pt]. The molecule has 0 fully saturated rings. The van der Waals surface area contributed by atoms with Crippen LogP contribution in [-0.4, -0.2) is 9.55 Å². The number of anilines is 4. The summed E-state index contributed by atoms with van der Waals surface area (Å²) in [6.45, 7) is 12.9. The molecule has 0 amide bonds. The number of benzene rings is 8. The summed E-state index contributed by atoms with van der Waals surface area (Å²) in [5, 5.41) is 0.621. The molecule has 10 aromatic rings. The summed E-state index contributed by atoms with van der Waals surface area (Å²) in [6, 6.07) is 50.7. The Morgan fingerprint density at radius 1 is 0.589 bits per heavy atom. The van der Waals surface area contributed by atoms with Crippen molar-refractivity contribution in [1.29, 1.82) is 0 Å². The van der Waals surface area contributed by atoms with Gasteiger partial charge in [0.1, 0.15) is 17.3 Å². The number of pyridine rings is 1. The number of hydrogen-bond acceptors (Lipinski definition) is 5. The summed E-state index contributed by atoms with van der Waals surface area (Å²) in [5.41, 5.74) is 8.68. The number of hydrogen-bond donors (Lipinski definition) is 0. The Morgan fingerprint density at radius 2 is 1.21 bits per heavy atom. The fourth-order valence-corrected chi connectivity index (χ4v) is 9.75. The van der Waals surface area contributed by atoms with Crippen molar-refractivity contribution in [3.05, 3.63) is 211 Å². The fourth-order valence-electron chi connectivity index (χ4n) is 9.75. The molecule has 8 aromatic carbocycles. The van der Waals surface area contributed by atoms with Crippen molar-refractivity contribution < 1.29 is 44.2 Å². The second-order valence-electron chi connectivity index (χ2n) is 19.1. The third-order valence-corrected chi connectivity index (χ3v) is 12.7. The molecular weight excluding hydrogens is 1080 g/mol. The maximum atomic E-state index is 9.56. The van der Waals surface area contributed by atoms with E-state index in [1.807, 2.05) is 147 Å². The Labute approximate surface area is 458 Å². The second kappa shape index (κ2) is 19.9. The maximum absolute atomic E-state index is 9.56. The summed E-state index contributed by atoms with van der Waals surface area (Å²) in [6.07, 6.45) is -4.00. The third kappa shape index (κ3) is 9.23. The molecule has 0 unspecified atom stereocenters. The molecule has 6 nitrogen and oxygen atoms in total. The van der Waals surface area contributed by atoms with E-state index in [1.165, 1.54) is 0 Å². The smallest absolute Gasteiger partial charge is 0.135 e. The normalized spacial score (nSPS) is 15.4. The van der Waals surface area contributed by atoms with Gasteiger partial charge >= 0.3 is 0 Å². The van der Waals surface area contributed by atoms with E-state index in [-0.39, 0.29) is 78.4 Å². The molecular formula is C66H57N4O2Pt-3. The minimum Gasteiger partial charge on any atom is -0.509 e.